The zero-order chi connectivity index (χ0) is 9.84. The van der Waals surface area contributed by atoms with Crippen LogP contribution in [0.4, 0.5) is 10.1 Å². The maximum Gasteiger partial charge on any atom is 0.328 e. The quantitative estimate of drug-likeness (QED) is 0.526. The van der Waals surface area contributed by atoms with Crippen molar-refractivity contribution in [1.82, 2.24) is 4.98 Å². The molecule has 0 aliphatic rings. The molecule has 5 heteroatoms. The fourth-order valence-corrected chi connectivity index (χ4v) is 0.741. The fourth-order valence-electron chi connectivity index (χ4n) is 0.741. The average molecular weight is 182 g/mol. The van der Waals surface area contributed by atoms with Gasteiger partial charge in [-0.3, -0.25) is 0 Å². The lowest BCUT2D eigenvalue weighted by Gasteiger charge is -1.95. The van der Waals surface area contributed by atoms with Crippen molar-refractivity contribution < 1.29 is 14.3 Å². The smallest absolute Gasteiger partial charge is 0.328 e. The number of nitrogens with two attached hydrogens (primary N) is 1. The number of hydrogen-bond donors (Lipinski definition) is 2. The molecule has 0 aliphatic heterocycles. The summed E-state index contributed by atoms with van der Waals surface area (Å²) in [6, 6.07) is 1.31. The summed E-state index contributed by atoms with van der Waals surface area (Å²) in [4.78, 5) is 13.4. The molecule has 1 aromatic heterocycles. The summed E-state index contributed by atoms with van der Waals surface area (Å²) in [6.07, 6.45) is 3.41. The van der Waals surface area contributed by atoms with E-state index in [0.717, 1.165) is 6.08 Å². The van der Waals surface area contributed by atoms with Crippen molar-refractivity contribution in [2.45, 2.75) is 0 Å². The number of hydrogen-bond acceptors (Lipinski definition) is 3. The molecule has 0 aliphatic carbocycles. The second kappa shape index (κ2) is 3.66. The van der Waals surface area contributed by atoms with E-state index in [4.69, 9.17) is 10.8 Å². The SMILES string of the molecule is Nc1cc(C=CC(=O)O)cnc1F. The summed E-state index contributed by atoms with van der Waals surface area (Å²) in [5.74, 6) is -1.84. The van der Waals surface area contributed by atoms with Gasteiger partial charge in [-0.2, -0.15) is 4.39 Å². The van der Waals surface area contributed by atoms with Gasteiger partial charge in [0, 0.05) is 12.3 Å². The van der Waals surface area contributed by atoms with E-state index >= 15 is 0 Å². The van der Waals surface area contributed by atoms with Gasteiger partial charge in [0.2, 0.25) is 5.95 Å². The van der Waals surface area contributed by atoms with Crippen molar-refractivity contribution in [3.8, 4) is 0 Å². The normalized spacial score (nSPS) is 10.5. The molecule has 4 nitrogen and oxygen atoms in total. The van der Waals surface area contributed by atoms with Crippen molar-refractivity contribution >= 4 is 17.7 Å². The minimum absolute atomic E-state index is 0.104. The van der Waals surface area contributed by atoms with Gasteiger partial charge in [-0.05, 0) is 17.7 Å². The van der Waals surface area contributed by atoms with Crippen molar-refractivity contribution in [2.75, 3.05) is 5.73 Å². The van der Waals surface area contributed by atoms with Crippen LogP contribution in [-0.2, 0) is 4.79 Å². The van der Waals surface area contributed by atoms with Crippen molar-refractivity contribution in [3.63, 3.8) is 0 Å². The number of carboxylic acid groups (broad SMARTS) is 1. The van der Waals surface area contributed by atoms with Crippen LogP contribution in [0.25, 0.3) is 6.08 Å². The van der Waals surface area contributed by atoms with Crippen LogP contribution in [0.2, 0.25) is 0 Å². The van der Waals surface area contributed by atoms with E-state index in [9.17, 15) is 9.18 Å². The highest BCUT2D eigenvalue weighted by molar-refractivity contribution is 5.85. The topological polar surface area (TPSA) is 76.2 Å². The highest BCUT2D eigenvalue weighted by Crippen LogP contribution is 2.09. The van der Waals surface area contributed by atoms with Crippen LogP contribution in [0.5, 0.6) is 0 Å². The number of halogens is 1. The summed E-state index contributed by atoms with van der Waals surface area (Å²) in [5.41, 5.74) is 5.55. The molecule has 0 unspecified atom stereocenters. The minimum atomic E-state index is -1.08. The summed E-state index contributed by atoms with van der Waals surface area (Å²) < 4.78 is 12.5. The molecule has 0 saturated heterocycles. The van der Waals surface area contributed by atoms with Crippen LogP contribution >= 0.6 is 0 Å². The Morgan fingerprint density at radius 2 is 2.38 bits per heavy atom. The zero-order valence-electron chi connectivity index (χ0n) is 6.57. The third-order valence-corrected chi connectivity index (χ3v) is 1.31. The first kappa shape index (κ1) is 9.18. The Bertz CT molecular complexity index is 363. The van der Waals surface area contributed by atoms with Gasteiger partial charge in [0.15, 0.2) is 0 Å². The molecule has 13 heavy (non-hydrogen) atoms. The zero-order valence-corrected chi connectivity index (χ0v) is 6.57. The van der Waals surface area contributed by atoms with Gasteiger partial charge in [0.05, 0.1) is 5.69 Å². The maximum absolute atomic E-state index is 12.5. The maximum atomic E-state index is 12.5. The summed E-state index contributed by atoms with van der Waals surface area (Å²) in [7, 11) is 0. The number of aromatic nitrogens is 1. The Kier molecular flexibility index (Phi) is 2.59. The van der Waals surface area contributed by atoms with Gasteiger partial charge >= 0.3 is 5.97 Å². The first-order valence-corrected chi connectivity index (χ1v) is 3.41. The van der Waals surface area contributed by atoms with Crippen LogP contribution in [-0.4, -0.2) is 16.1 Å². The molecular formula is C8H7FN2O2. The van der Waals surface area contributed by atoms with Crippen molar-refractivity contribution in [1.29, 1.82) is 0 Å². The van der Waals surface area contributed by atoms with Crippen LogP contribution in [0.15, 0.2) is 18.3 Å². The predicted octanol–water partition coefficient (Wildman–Crippen LogP) is 0.901. The van der Waals surface area contributed by atoms with E-state index in [1.54, 1.807) is 0 Å². The molecular weight excluding hydrogens is 175 g/mol. The summed E-state index contributed by atoms with van der Waals surface area (Å²) >= 11 is 0. The van der Waals surface area contributed by atoms with Crippen LogP contribution in [0, 0.1) is 5.95 Å². The Labute approximate surface area is 73.5 Å². The van der Waals surface area contributed by atoms with Gasteiger partial charge in [-0.15, -0.1) is 0 Å². The lowest BCUT2D eigenvalue weighted by atomic mass is 10.2. The first-order chi connectivity index (χ1) is 6.09. The van der Waals surface area contributed by atoms with Crippen molar-refractivity contribution in [3.05, 3.63) is 29.9 Å². The molecule has 1 heterocycles. The van der Waals surface area contributed by atoms with Crippen LogP contribution < -0.4 is 5.73 Å². The van der Waals surface area contributed by atoms with E-state index in [0.29, 0.717) is 5.56 Å². The predicted molar refractivity (Wildman–Crippen MR) is 45.3 cm³/mol. The molecule has 0 bridgehead atoms. The molecule has 0 saturated carbocycles. The number of nitrogens with zero attached hydrogens (tertiary/aromatic N) is 1. The number of carboxylic acids is 1. The van der Waals surface area contributed by atoms with Gasteiger partial charge in [-0.25, -0.2) is 9.78 Å². The molecule has 1 aromatic rings. The lowest BCUT2D eigenvalue weighted by molar-refractivity contribution is -0.131. The molecule has 0 fully saturated rings. The molecule has 1 rings (SSSR count). The number of nitrogen functional groups attached to an aromatic ring is 1. The van der Waals surface area contributed by atoms with Crippen molar-refractivity contribution in [2.24, 2.45) is 0 Å². The monoisotopic (exact) mass is 182 g/mol. The Morgan fingerprint density at radius 1 is 1.69 bits per heavy atom. The highest BCUT2D eigenvalue weighted by atomic mass is 19.1. The number of carbonyl (C=O) groups is 1. The largest absolute Gasteiger partial charge is 0.478 e. The average Bonchev–Trinajstić information content (AvgIpc) is 2.07. The Morgan fingerprint density at radius 3 is 2.92 bits per heavy atom. The van der Waals surface area contributed by atoms with Gasteiger partial charge < -0.3 is 10.8 Å². The molecule has 0 aromatic carbocycles. The molecule has 3 N–H and O–H groups in total. The van der Waals surface area contributed by atoms with Gasteiger partial charge in [-0.1, -0.05) is 0 Å². The molecule has 0 spiro atoms. The van der Waals surface area contributed by atoms with E-state index in [1.807, 2.05) is 0 Å². The molecule has 0 atom stereocenters. The second-order valence-electron chi connectivity index (χ2n) is 2.32. The molecule has 0 radical (unpaired) electrons. The van der Waals surface area contributed by atoms with E-state index in [2.05, 4.69) is 4.98 Å². The molecule has 68 valence electrons. The molecule has 0 amide bonds. The fraction of sp³-hybridized carbons (Fsp3) is 0. The second-order valence-corrected chi connectivity index (χ2v) is 2.32. The summed E-state index contributed by atoms with van der Waals surface area (Å²) in [6.45, 7) is 0. The number of pyridine rings is 1. The van der Waals surface area contributed by atoms with E-state index in [-0.39, 0.29) is 5.69 Å². The number of rotatable bonds is 2. The highest BCUT2D eigenvalue weighted by Gasteiger charge is 1.98. The van der Waals surface area contributed by atoms with Crippen LogP contribution in [0.3, 0.4) is 0 Å². The third-order valence-electron chi connectivity index (χ3n) is 1.31. The first-order valence-electron chi connectivity index (χ1n) is 3.41. The van der Waals surface area contributed by atoms with E-state index in [1.165, 1.54) is 18.3 Å². The number of anilines is 1. The number of aliphatic carboxylic acids is 1. The Hall–Kier alpha value is -1.91. The third kappa shape index (κ3) is 2.55. The lowest BCUT2D eigenvalue weighted by Crippen LogP contribution is -1.94. The van der Waals surface area contributed by atoms with E-state index < -0.39 is 11.9 Å². The van der Waals surface area contributed by atoms with Crippen LogP contribution in [0.1, 0.15) is 5.56 Å². The van der Waals surface area contributed by atoms with Gasteiger partial charge in [0.25, 0.3) is 0 Å². The van der Waals surface area contributed by atoms with Gasteiger partial charge in [0.1, 0.15) is 0 Å². The standard InChI is InChI=1S/C8H7FN2O2/c9-8-6(10)3-5(4-11-8)1-2-7(12)13/h1-4H,10H2,(H,12,13). The Balaban J connectivity index is 2.92. The summed E-state index contributed by atoms with van der Waals surface area (Å²) in [5, 5.41) is 8.29. The minimum Gasteiger partial charge on any atom is -0.478 e.